The van der Waals surface area contributed by atoms with Crippen molar-refractivity contribution < 1.29 is 0 Å². The van der Waals surface area contributed by atoms with Crippen LogP contribution in [-0.2, 0) is 5.41 Å². The van der Waals surface area contributed by atoms with Gasteiger partial charge in [0.15, 0.2) is 5.96 Å². The van der Waals surface area contributed by atoms with Gasteiger partial charge in [-0.25, -0.2) is 0 Å². The monoisotopic (exact) mass is 444 g/mol. The number of halogens is 1. The molecule has 1 saturated heterocycles. The zero-order valence-electron chi connectivity index (χ0n) is 15.3. The molecule has 1 heterocycles. The van der Waals surface area contributed by atoms with Crippen LogP contribution < -0.4 is 10.6 Å². The molecule has 5 heteroatoms. The van der Waals surface area contributed by atoms with Crippen LogP contribution in [0.1, 0.15) is 38.7 Å². The SMILES string of the molecule is CN=C(NCCCN1CCCC1)NCC(C)(C)c1ccccc1.I. The van der Waals surface area contributed by atoms with E-state index in [0.717, 1.165) is 19.0 Å². The van der Waals surface area contributed by atoms with Crippen LogP contribution in [-0.4, -0.2) is 50.6 Å². The molecule has 4 nitrogen and oxygen atoms in total. The minimum Gasteiger partial charge on any atom is -0.356 e. The first-order chi connectivity index (χ1) is 11.1. The van der Waals surface area contributed by atoms with Crippen molar-refractivity contribution in [3.63, 3.8) is 0 Å². The molecule has 0 amide bonds. The highest BCUT2D eigenvalue weighted by atomic mass is 127. The van der Waals surface area contributed by atoms with Crippen LogP contribution in [0.3, 0.4) is 0 Å². The van der Waals surface area contributed by atoms with Crippen LogP contribution in [0.25, 0.3) is 0 Å². The molecule has 0 radical (unpaired) electrons. The zero-order valence-corrected chi connectivity index (χ0v) is 17.7. The van der Waals surface area contributed by atoms with Crippen molar-refractivity contribution in [1.29, 1.82) is 0 Å². The van der Waals surface area contributed by atoms with E-state index in [4.69, 9.17) is 0 Å². The number of aliphatic imine (C=N–C) groups is 1. The molecular weight excluding hydrogens is 411 g/mol. The molecule has 1 aliphatic rings. The molecule has 0 aromatic heterocycles. The van der Waals surface area contributed by atoms with Crippen LogP contribution in [0.5, 0.6) is 0 Å². The number of hydrogen-bond acceptors (Lipinski definition) is 2. The van der Waals surface area contributed by atoms with E-state index in [9.17, 15) is 0 Å². The van der Waals surface area contributed by atoms with E-state index in [0.29, 0.717) is 0 Å². The summed E-state index contributed by atoms with van der Waals surface area (Å²) in [4.78, 5) is 6.89. The topological polar surface area (TPSA) is 39.7 Å². The van der Waals surface area contributed by atoms with Gasteiger partial charge in [0.2, 0.25) is 0 Å². The molecule has 1 aromatic rings. The Morgan fingerprint density at radius 1 is 1.12 bits per heavy atom. The highest BCUT2D eigenvalue weighted by Gasteiger charge is 2.20. The average Bonchev–Trinajstić information content (AvgIpc) is 3.08. The van der Waals surface area contributed by atoms with Gasteiger partial charge in [-0.15, -0.1) is 24.0 Å². The molecule has 0 saturated carbocycles. The van der Waals surface area contributed by atoms with Gasteiger partial charge in [-0.1, -0.05) is 44.2 Å². The summed E-state index contributed by atoms with van der Waals surface area (Å²) in [6.45, 7) is 10.1. The second-order valence-electron chi connectivity index (χ2n) is 7.00. The van der Waals surface area contributed by atoms with Gasteiger partial charge in [0.1, 0.15) is 0 Å². The number of guanidine groups is 1. The van der Waals surface area contributed by atoms with E-state index in [-0.39, 0.29) is 29.4 Å². The molecule has 2 rings (SSSR count). The summed E-state index contributed by atoms with van der Waals surface area (Å²) >= 11 is 0. The van der Waals surface area contributed by atoms with Crippen LogP contribution >= 0.6 is 24.0 Å². The molecular formula is C19H33IN4. The van der Waals surface area contributed by atoms with Gasteiger partial charge < -0.3 is 15.5 Å². The van der Waals surface area contributed by atoms with Gasteiger partial charge in [-0.2, -0.15) is 0 Å². The molecule has 24 heavy (non-hydrogen) atoms. The van der Waals surface area contributed by atoms with Crippen LogP contribution in [0.2, 0.25) is 0 Å². The Hall–Kier alpha value is -0.820. The summed E-state index contributed by atoms with van der Waals surface area (Å²) in [6, 6.07) is 10.6. The maximum atomic E-state index is 4.33. The van der Waals surface area contributed by atoms with Crippen LogP contribution in [0, 0.1) is 0 Å². The summed E-state index contributed by atoms with van der Waals surface area (Å²) in [7, 11) is 1.84. The van der Waals surface area contributed by atoms with Gasteiger partial charge >= 0.3 is 0 Å². The quantitative estimate of drug-likeness (QED) is 0.294. The van der Waals surface area contributed by atoms with Crippen molar-refractivity contribution >= 4 is 29.9 Å². The molecule has 1 aliphatic heterocycles. The fourth-order valence-corrected chi connectivity index (χ4v) is 3.03. The molecule has 0 atom stereocenters. The first kappa shape index (κ1) is 21.2. The number of nitrogens with one attached hydrogen (secondary N) is 2. The highest BCUT2D eigenvalue weighted by molar-refractivity contribution is 14.0. The van der Waals surface area contributed by atoms with Crippen LogP contribution in [0.4, 0.5) is 0 Å². The standard InChI is InChI=1S/C19H32N4.HI/c1-19(2,17-10-5-4-6-11-17)16-22-18(20-3)21-12-9-15-23-13-7-8-14-23;/h4-6,10-11H,7-9,12-16H2,1-3H3,(H2,20,21,22);1H. The summed E-state index contributed by atoms with van der Waals surface area (Å²) in [5.74, 6) is 0.899. The Labute approximate surface area is 164 Å². The first-order valence-electron chi connectivity index (χ1n) is 8.84. The molecule has 1 aromatic carbocycles. The predicted octanol–water partition coefficient (Wildman–Crippen LogP) is 3.23. The summed E-state index contributed by atoms with van der Waals surface area (Å²) in [6.07, 6.45) is 3.90. The second-order valence-corrected chi connectivity index (χ2v) is 7.00. The van der Waals surface area contributed by atoms with Crippen molar-refractivity contribution in [1.82, 2.24) is 15.5 Å². The molecule has 2 N–H and O–H groups in total. The minimum absolute atomic E-state index is 0. The van der Waals surface area contributed by atoms with E-state index >= 15 is 0 Å². The number of likely N-dealkylation sites (tertiary alicyclic amines) is 1. The van der Waals surface area contributed by atoms with Crippen molar-refractivity contribution in [2.45, 2.75) is 38.5 Å². The van der Waals surface area contributed by atoms with E-state index < -0.39 is 0 Å². The largest absolute Gasteiger partial charge is 0.356 e. The van der Waals surface area contributed by atoms with Gasteiger partial charge in [0.25, 0.3) is 0 Å². The van der Waals surface area contributed by atoms with Crippen LogP contribution in [0.15, 0.2) is 35.3 Å². The summed E-state index contributed by atoms with van der Waals surface area (Å²) in [5.41, 5.74) is 1.42. The Morgan fingerprint density at radius 3 is 2.42 bits per heavy atom. The van der Waals surface area contributed by atoms with E-state index in [2.05, 4.69) is 64.7 Å². The van der Waals surface area contributed by atoms with Gasteiger partial charge in [-0.3, -0.25) is 4.99 Å². The minimum atomic E-state index is 0. The number of benzene rings is 1. The Bertz CT molecular complexity index is 481. The summed E-state index contributed by atoms with van der Waals surface area (Å²) < 4.78 is 0. The highest BCUT2D eigenvalue weighted by Crippen LogP contribution is 2.21. The lowest BCUT2D eigenvalue weighted by Gasteiger charge is -2.26. The Morgan fingerprint density at radius 2 is 1.79 bits per heavy atom. The van der Waals surface area contributed by atoms with Gasteiger partial charge in [-0.05, 0) is 44.5 Å². The third kappa shape index (κ3) is 6.97. The molecule has 0 spiro atoms. The molecule has 0 unspecified atom stereocenters. The maximum absolute atomic E-state index is 4.33. The number of nitrogens with zero attached hydrogens (tertiary/aromatic N) is 2. The predicted molar refractivity (Wildman–Crippen MR) is 115 cm³/mol. The van der Waals surface area contributed by atoms with E-state index in [1.165, 1.54) is 44.5 Å². The molecule has 1 fully saturated rings. The Balaban J connectivity index is 0.00000288. The second kappa shape index (κ2) is 10.9. The number of rotatable bonds is 7. The van der Waals surface area contributed by atoms with E-state index in [1.807, 2.05) is 7.05 Å². The normalized spacial score (nSPS) is 15.9. The van der Waals surface area contributed by atoms with Gasteiger partial charge in [0, 0.05) is 25.6 Å². The third-order valence-electron chi connectivity index (χ3n) is 4.62. The molecule has 136 valence electrons. The summed E-state index contributed by atoms with van der Waals surface area (Å²) in [5, 5.41) is 6.89. The van der Waals surface area contributed by atoms with Crippen molar-refractivity contribution in [3.05, 3.63) is 35.9 Å². The lowest BCUT2D eigenvalue weighted by molar-refractivity contribution is 0.334. The average molecular weight is 444 g/mol. The fraction of sp³-hybridized carbons (Fsp3) is 0.632. The van der Waals surface area contributed by atoms with Gasteiger partial charge in [0.05, 0.1) is 0 Å². The lowest BCUT2D eigenvalue weighted by Crippen LogP contribution is -2.44. The fourth-order valence-electron chi connectivity index (χ4n) is 3.03. The number of hydrogen-bond donors (Lipinski definition) is 2. The third-order valence-corrected chi connectivity index (χ3v) is 4.62. The van der Waals surface area contributed by atoms with Crippen molar-refractivity contribution in [2.24, 2.45) is 4.99 Å². The van der Waals surface area contributed by atoms with Crippen molar-refractivity contribution in [2.75, 3.05) is 39.8 Å². The zero-order chi connectivity index (χ0) is 16.5. The molecule has 0 aliphatic carbocycles. The molecule has 0 bridgehead atoms. The van der Waals surface area contributed by atoms with Crippen molar-refractivity contribution in [3.8, 4) is 0 Å². The Kier molecular flexibility index (Phi) is 9.66. The maximum Gasteiger partial charge on any atom is 0.191 e. The smallest absolute Gasteiger partial charge is 0.191 e. The first-order valence-corrected chi connectivity index (χ1v) is 8.84. The lowest BCUT2D eigenvalue weighted by atomic mass is 9.85. The van der Waals surface area contributed by atoms with E-state index in [1.54, 1.807) is 0 Å².